The summed E-state index contributed by atoms with van der Waals surface area (Å²) in [4.78, 5) is 27.3. The molecule has 0 radical (unpaired) electrons. The maximum Gasteiger partial charge on any atom is 0.317 e. The molecule has 0 bridgehead atoms. The van der Waals surface area contributed by atoms with Crippen molar-refractivity contribution in [1.29, 1.82) is 0 Å². The van der Waals surface area contributed by atoms with Crippen molar-refractivity contribution in [1.82, 2.24) is 15.1 Å². The monoisotopic (exact) mass is 349 g/mol. The van der Waals surface area contributed by atoms with Gasteiger partial charge in [-0.2, -0.15) is 0 Å². The summed E-state index contributed by atoms with van der Waals surface area (Å²) in [6.07, 6.45) is 1.50. The van der Waals surface area contributed by atoms with Crippen LogP contribution in [0.1, 0.15) is 19.8 Å². The molecule has 7 heteroatoms. The summed E-state index contributed by atoms with van der Waals surface area (Å²) in [7, 11) is 3.43. The number of piperidine rings is 1. The minimum Gasteiger partial charge on any atom is -0.490 e. The van der Waals surface area contributed by atoms with E-state index in [2.05, 4.69) is 5.32 Å². The van der Waals surface area contributed by atoms with Crippen molar-refractivity contribution >= 4 is 11.9 Å². The summed E-state index contributed by atoms with van der Waals surface area (Å²) in [6.45, 7) is 3.67. The molecule has 1 aromatic rings. The fourth-order valence-electron chi connectivity index (χ4n) is 2.65. The van der Waals surface area contributed by atoms with Gasteiger partial charge in [0.2, 0.25) is 0 Å². The maximum atomic E-state index is 12.3. The minimum atomic E-state index is -0.0966. The molecule has 1 heterocycles. The molecule has 0 aliphatic carbocycles. The zero-order valence-electron chi connectivity index (χ0n) is 15.2. The number of carbonyl (C=O) groups is 2. The van der Waals surface area contributed by atoms with Gasteiger partial charge in [-0.15, -0.1) is 0 Å². The molecule has 0 aromatic heterocycles. The molecule has 1 aliphatic heterocycles. The first kappa shape index (κ1) is 18.9. The third kappa shape index (κ3) is 5.55. The van der Waals surface area contributed by atoms with Gasteiger partial charge in [-0.1, -0.05) is 12.1 Å². The van der Waals surface area contributed by atoms with Crippen LogP contribution in [-0.2, 0) is 4.79 Å². The van der Waals surface area contributed by atoms with Crippen molar-refractivity contribution in [2.45, 2.75) is 25.8 Å². The number of nitrogens with zero attached hydrogens (tertiary/aromatic N) is 2. The molecule has 1 aliphatic rings. The number of urea groups is 1. The number of carbonyl (C=O) groups excluding carboxylic acids is 2. The lowest BCUT2D eigenvalue weighted by Crippen LogP contribution is -2.49. The lowest BCUT2D eigenvalue weighted by Gasteiger charge is -2.32. The van der Waals surface area contributed by atoms with E-state index in [4.69, 9.17) is 9.47 Å². The van der Waals surface area contributed by atoms with E-state index < -0.39 is 0 Å². The summed E-state index contributed by atoms with van der Waals surface area (Å²) in [5, 5.41) is 2.96. The van der Waals surface area contributed by atoms with Gasteiger partial charge >= 0.3 is 6.03 Å². The molecule has 1 N–H and O–H groups in total. The van der Waals surface area contributed by atoms with Crippen LogP contribution >= 0.6 is 0 Å². The number of hydrogen-bond acceptors (Lipinski definition) is 4. The lowest BCUT2D eigenvalue weighted by atomic mass is 10.1. The highest BCUT2D eigenvalue weighted by molar-refractivity contribution is 5.78. The number of rotatable bonds is 6. The van der Waals surface area contributed by atoms with Crippen LogP contribution in [0.25, 0.3) is 0 Å². The number of para-hydroxylation sites is 2. The minimum absolute atomic E-state index is 0.0151. The molecule has 0 spiro atoms. The number of nitrogens with one attached hydrogen (secondary N) is 1. The molecule has 0 saturated carbocycles. The Kier molecular flexibility index (Phi) is 6.91. The van der Waals surface area contributed by atoms with E-state index in [-0.39, 0.29) is 24.6 Å². The van der Waals surface area contributed by atoms with Gasteiger partial charge in [0.25, 0.3) is 5.91 Å². The smallest absolute Gasteiger partial charge is 0.317 e. The molecule has 1 saturated heterocycles. The Morgan fingerprint density at radius 1 is 1.16 bits per heavy atom. The standard InChI is InChI=1S/C18H27N3O4/c1-4-24-15-7-5-6-8-16(15)25-13-17(22)21-11-9-14(10-12-21)19-18(23)20(2)3/h5-8,14H,4,9-13H2,1-3H3,(H,19,23). The van der Waals surface area contributed by atoms with E-state index in [1.54, 1.807) is 25.1 Å². The van der Waals surface area contributed by atoms with Crippen molar-refractivity contribution in [3.8, 4) is 11.5 Å². The SMILES string of the molecule is CCOc1ccccc1OCC(=O)N1CCC(NC(=O)N(C)C)CC1. The molecule has 1 fully saturated rings. The van der Waals surface area contributed by atoms with Crippen LogP contribution in [0.4, 0.5) is 4.79 Å². The summed E-state index contributed by atoms with van der Waals surface area (Å²) in [6, 6.07) is 7.34. The first-order chi connectivity index (χ1) is 12.0. The van der Waals surface area contributed by atoms with Crippen LogP contribution in [0, 0.1) is 0 Å². The number of amides is 3. The molecule has 3 amide bonds. The molecule has 7 nitrogen and oxygen atoms in total. The fraction of sp³-hybridized carbons (Fsp3) is 0.556. The van der Waals surface area contributed by atoms with Crippen LogP contribution < -0.4 is 14.8 Å². The Hall–Kier alpha value is -2.44. The molecule has 0 atom stereocenters. The van der Waals surface area contributed by atoms with Gasteiger partial charge < -0.3 is 24.6 Å². The Bertz CT molecular complexity index is 583. The van der Waals surface area contributed by atoms with Crippen LogP contribution in [0.3, 0.4) is 0 Å². The van der Waals surface area contributed by atoms with Gasteiger partial charge in [-0.3, -0.25) is 4.79 Å². The average molecular weight is 349 g/mol. The number of likely N-dealkylation sites (tertiary alicyclic amines) is 1. The molecule has 138 valence electrons. The van der Waals surface area contributed by atoms with Gasteiger partial charge in [0.1, 0.15) is 0 Å². The second-order valence-electron chi connectivity index (χ2n) is 6.17. The van der Waals surface area contributed by atoms with Crippen molar-refractivity contribution in [2.75, 3.05) is 40.4 Å². The van der Waals surface area contributed by atoms with E-state index in [0.717, 1.165) is 12.8 Å². The van der Waals surface area contributed by atoms with Crippen LogP contribution in [0.5, 0.6) is 11.5 Å². The summed E-state index contributed by atoms with van der Waals surface area (Å²) >= 11 is 0. The topological polar surface area (TPSA) is 71.1 Å². The maximum absolute atomic E-state index is 12.3. The third-order valence-electron chi connectivity index (χ3n) is 4.08. The summed E-state index contributed by atoms with van der Waals surface area (Å²) in [5.41, 5.74) is 0. The Balaban J connectivity index is 1.78. The Morgan fingerprint density at radius 3 is 2.32 bits per heavy atom. The van der Waals surface area contributed by atoms with Crippen molar-refractivity contribution in [3.05, 3.63) is 24.3 Å². The van der Waals surface area contributed by atoms with Gasteiger partial charge in [-0.05, 0) is 31.9 Å². The molecular weight excluding hydrogens is 322 g/mol. The zero-order valence-corrected chi connectivity index (χ0v) is 15.2. The number of ether oxygens (including phenoxy) is 2. The highest BCUT2D eigenvalue weighted by Gasteiger charge is 2.24. The third-order valence-corrected chi connectivity index (χ3v) is 4.08. The first-order valence-corrected chi connectivity index (χ1v) is 8.61. The van der Waals surface area contributed by atoms with Crippen molar-refractivity contribution < 1.29 is 19.1 Å². The van der Waals surface area contributed by atoms with Crippen LogP contribution in [0.2, 0.25) is 0 Å². The van der Waals surface area contributed by atoms with E-state index in [1.807, 2.05) is 25.1 Å². The number of hydrogen-bond donors (Lipinski definition) is 1. The zero-order chi connectivity index (χ0) is 18.2. The normalized spacial score (nSPS) is 14.8. The van der Waals surface area contributed by atoms with Crippen LogP contribution in [0.15, 0.2) is 24.3 Å². The fourth-order valence-corrected chi connectivity index (χ4v) is 2.65. The van der Waals surface area contributed by atoms with E-state index >= 15 is 0 Å². The molecule has 2 rings (SSSR count). The van der Waals surface area contributed by atoms with Gasteiger partial charge in [0.05, 0.1) is 6.61 Å². The van der Waals surface area contributed by atoms with Crippen molar-refractivity contribution in [3.63, 3.8) is 0 Å². The van der Waals surface area contributed by atoms with E-state index in [9.17, 15) is 9.59 Å². The Morgan fingerprint density at radius 2 is 1.76 bits per heavy atom. The van der Waals surface area contributed by atoms with E-state index in [0.29, 0.717) is 31.2 Å². The first-order valence-electron chi connectivity index (χ1n) is 8.61. The second-order valence-corrected chi connectivity index (χ2v) is 6.17. The van der Waals surface area contributed by atoms with E-state index in [1.165, 1.54) is 4.90 Å². The van der Waals surface area contributed by atoms with Gasteiger partial charge in [-0.25, -0.2) is 4.79 Å². The predicted molar refractivity (Wildman–Crippen MR) is 94.9 cm³/mol. The highest BCUT2D eigenvalue weighted by atomic mass is 16.5. The largest absolute Gasteiger partial charge is 0.490 e. The quantitative estimate of drug-likeness (QED) is 0.849. The van der Waals surface area contributed by atoms with Crippen molar-refractivity contribution in [2.24, 2.45) is 0 Å². The van der Waals surface area contributed by atoms with Crippen LogP contribution in [-0.4, -0.2) is 68.2 Å². The average Bonchev–Trinajstić information content (AvgIpc) is 2.61. The number of benzene rings is 1. The Labute approximate surface area is 148 Å². The molecular formula is C18H27N3O4. The summed E-state index contributed by atoms with van der Waals surface area (Å²) in [5.74, 6) is 1.16. The predicted octanol–water partition coefficient (Wildman–Crippen LogP) is 1.73. The second kappa shape index (κ2) is 9.15. The molecule has 0 unspecified atom stereocenters. The highest BCUT2D eigenvalue weighted by Crippen LogP contribution is 2.26. The summed E-state index contributed by atoms with van der Waals surface area (Å²) < 4.78 is 11.1. The molecule has 1 aromatic carbocycles. The lowest BCUT2D eigenvalue weighted by molar-refractivity contribution is -0.134. The van der Waals surface area contributed by atoms with Gasteiger partial charge in [0.15, 0.2) is 18.1 Å². The molecule has 25 heavy (non-hydrogen) atoms. The van der Waals surface area contributed by atoms with Gasteiger partial charge in [0, 0.05) is 33.2 Å².